The molecule has 0 saturated carbocycles. The molecule has 3 amide bonds. The first-order chi connectivity index (χ1) is 19.3. The largest absolute Gasteiger partial charge is 0.484 e. The Kier molecular flexibility index (Phi) is 6.72. The quantitative estimate of drug-likeness (QED) is 0.325. The molecule has 3 atom stereocenters. The zero-order chi connectivity index (χ0) is 28.0. The number of nitrogens with zero attached hydrogens (tertiary/aromatic N) is 1. The number of halogens is 2. The second-order valence-electron chi connectivity index (χ2n) is 9.15. The summed E-state index contributed by atoms with van der Waals surface area (Å²) in [6.45, 7) is -0.327. The molecular weight excluding hydrogens is 560 g/mol. The van der Waals surface area contributed by atoms with Crippen molar-refractivity contribution < 1.29 is 27.9 Å². The lowest BCUT2D eigenvalue weighted by Crippen LogP contribution is -2.32. The Hall–Kier alpha value is -4.29. The predicted octanol–water partition coefficient (Wildman–Crippen LogP) is 4.53. The maximum Gasteiger partial charge on any atom is 0.305 e. The van der Waals surface area contributed by atoms with Crippen molar-refractivity contribution in [2.45, 2.75) is 16.2 Å². The highest BCUT2D eigenvalue weighted by Crippen LogP contribution is 2.53. The average molecular weight is 580 g/mol. The minimum atomic E-state index is -0.821. The van der Waals surface area contributed by atoms with E-state index in [2.05, 4.69) is 10.3 Å². The number of fused-ring (bicyclic) bond motifs is 2. The summed E-state index contributed by atoms with van der Waals surface area (Å²) < 4.78 is 32.3. The zero-order valence-electron chi connectivity index (χ0n) is 20.4. The number of carbonyl (C=O) groups excluding carboxylic acids is 3. The molecule has 0 aliphatic carbocycles. The summed E-state index contributed by atoms with van der Waals surface area (Å²) in [6.07, 6.45) is 0. The van der Waals surface area contributed by atoms with Crippen LogP contribution in [0.4, 0.5) is 20.2 Å². The number of anilines is 2. The van der Waals surface area contributed by atoms with Crippen LogP contribution in [0.3, 0.4) is 0 Å². The Morgan fingerprint density at radius 1 is 0.950 bits per heavy atom. The second kappa shape index (κ2) is 10.4. The van der Waals surface area contributed by atoms with Crippen LogP contribution in [0.25, 0.3) is 0 Å². The smallest absolute Gasteiger partial charge is 0.305 e. The average Bonchev–Trinajstić information content (AvgIpc) is 3.43. The van der Waals surface area contributed by atoms with E-state index in [0.29, 0.717) is 26.9 Å². The molecule has 3 aromatic carbocycles. The number of hydrogen-bond donors (Lipinski definition) is 2. The SMILES string of the molecule is O=C(COc1cccc([C@H]2c3sc(=O)[nH]c3SC3C(=O)N(c4ccc(F)cc4)C(=O)C32)c1)Nc1ccc(F)cc1. The minimum Gasteiger partial charge on any atom is -0.484 e. The third kappa shape index (κ3) is 4.80. The van der Waals surface area contributed by atoms with Gasteiger partial charge in [-0.25, -0.2) is 13.7 Å². The van der Waals surface area contributed by atoms with Crippen LogP contribution in [-0.4, -0.2) is 34.6 Å². The van der Waals surface area contributed by atoms with Crippen LogP contribution in [-0.2, 0) is 14.4 Å². The molecule has 0 spiro atoms. The van der Waals surface area contributed by atoms with Crippen molar-refractivity contribution in [2.75, 3.05) is 16.8 Å². The highest BCUT2D eigenvalue weighted by Gasteiger charge is 2.56. The summed E-state index contributed by atoms with van der Waals surface area (Å²) >= 11 is 2.12. The van der Waals surface area contributed by atoms with Crippen LogP contribution in [0, 0.1) is 17.6 Å². The van der Waals surface area contributed by atoms with Gasteiger partial charge in [-0.2, -0.15) is 0 Å². The lowest BCUT2D eigenvalue weighted by molar-refractivity contribution is -0.122. The molecule has 2 unspecified atom stereocenters. The van der Waals surface area contributed by atoms with Crippen molar-refractivity contribution in [3.05, 3.63) is 105 Å². The summed E-state index contributed by atoms with van der Waals surface area (Å²) in [5.74, 6) is -3.37. The molecule has 1 saturated heterocycles. The second-order valence-corrected chi connectivity index (χ2v) is 11.3. The first-order valence-corrected chi connectivity index (χ1v) is 13.8. The lowest BCUT2D eigenvalue weighted by Gasteiger charge is -2.30. The monoisotopic (exact) mass is 579 g/mol. The third-order valence-electron chi connectivity index (χ3n) is 6.62. The maximum atomic E-state index is 13.7. The molecule has 2 N–H and O–H groups in total. The first kappa shape index (κ1) is 26.0. The van der Waals surface area contributed by atoms with E-state index in [1.165, 1.54) is 48.5 Å². The Morgan fingerprint density at radius 3 is 2.38 bits per heavy atom. The van der Waals surface area contributed by atoms with Gasteiger partial charge in [0.15, 0.2) is 6.61 Å². The number of imide groups is 1. The zero-order valence-corrected chi connectivity index (χ0v) is 22.1. The standard InChI is InChI=1S/C28H19F2N3O5S2/c29-15-4-8-17(9-5-15)31-20(34)13-38-19-3-1-2-14(12-19)21-22-24(39-25-23(21)40-28(37)32-25)27(36)33(26(22)35)18-10-6-16(30)7-11-18/h1-12,21-22,24H,13H2,(H,31,34)(H,32,37)/t21-,22?,24?/m1/s1. The fourth-order valence-corrected chi connectivity index (χ4v) is 7.41. The van der Waals surface area contributed by atoms with Gasteiger partial charge in [-0.05, 0) is 66.2 Å². The van der Waals surface area contributed by atoms with Crippen molar-refractivity contribution in [3.8, 4) is 5.75 Å². The van der Waals surface area contributed by atoms with Crippen LogP contribution in [0.5, 0.6) is 5.75 Å². The van der Waals surface area contributed by atoms with Crippen LogP contribution in [0.1, 0.15) is 16.4 Å². The van der Waals surface area contributed by atoms with E-state index in [9.17, 15) is 28.0 Å². The summed E-state index contributed by atoms with van der Waals surface area (Å²) in [6, 6.07) is 17.2. The van der Waals surface area contributed by atoms with Gasteiger partial charge in [-0.1, -0.05) is 35.2 Å². The van der Waals surface area contributed by atoms with E-state index in [0.717, 1.165) is 28.0 Å². The van der Waals surface area contributed by atoms with Gasteiger partial charge in [-0.3, -0.25) is 19.2 Å². The first-order valence-electron chi connectivity index (χ1n) is 12.1. The molecule has 0 bridgehead atoms. The number of amides is 3. The van der Waals surface area contributed by atoms with Crippen LogP contribution in [0.15, 0.2) is 82.6 Å². The molecule has 2 aliphatic heterocycles. The number of aromatic nitrogens is 1. The van der Waals surface area contributed by atoms with Gasteiger partial charge in [0.2, 0.25) is 11.8 Å². The molecule has 4 aromatic rings. The van der Waals surface area contributed by atoms with Crippen LogP contribution >= 0.6 is 23.1 Å². The van der Waals surface area contributed by atoms with E-state index in [4.69, 9.17) is 4.74 Å². The molecule has 8 nitrogen and oxygen atoms in total. The number of ether oxygens (including phenoxy) is 1. The number of thiazole rings is 1. The van der Waals surface area contributed by atoms with Crippen molar-refractivity contribution in [1.29, 1.82) is 0 Å². The number of H-pyrrole nitrogens is 1. The van der Waals surface area contributed by atoms with Crippen LogP contribution in [0.2, 0.25) is 0 Å². The van der Waals surface area contributed by atoms with Gasteiger partial charge < -0.3 is 15.0 Å². The summed E-state index contributed by atoms with van der Waals surface area (Å²) in [5.41, 5.74) is 1.32. The minimum absolute atomic E-state index is 0.270. The van der Waals surface area contributed by atoms with Crippen molar-refractivity contribution >= 4 is 52.2 Å². The van der Waals surface area contributed by atoms with Gasteiger partial charge in [0, 0.05) is 16.5 Å². The highest BCUT2D eigenvalue weighted by molar-refractivity contribution is 8.00. The van der Waals surface area contributed by atoms with Gasteiger partial charge >= 0.3 is 4.87 Å². The topological polar surface area (TPSA) is 109 Å². The number of carbonyl (C=O) groups is 3. The van der Waals surface area contributed by atoms with E-state index in [1.807, 2.05) is 0 Å². The molecular formula is C28H19F2N3O5S2. The molecule has 12 heteroatoms. The van der Waals surface area contributed by atoms with Gasteiger partial charge in [0.1, 0.15) is 22.6 Å². The molecule has 6 rings (SSSR count). The molecule has 40 heavy (non-hydrogen) atoms. The van der Waals surface area contributed by atoms with Crippen molar-refractivity contribution in [2.24, 2.45) is 5.92 Å². The van der Waals surface area contributed by atoms with Crippen LogP contribution < -0.4 is 19.8 Å². The number of nitrogens with one attached hydrogen (secondary N) is 2. The fraction of sp³-hybridized carbons (Fsp3) is 0.143. The number of thioether (sulfide) groups is 1. The molecule has 3 heterocycles. The predicted molar refractivity (Wildman–Crippen MR) is 146 cm³/mol. The van der Waals surface area contributed by atoms with E-state index in [-0.39, 0.29) is 17.2 Å². The Morgan fingerprint density at radius 2 is 1.65 bits per heavy atom. The molecule has 2 aliphatic rings. The Bertz CT molecular complexity index is 1690. The normalized spacial score (nSPS) is 19.8. The van der Waals surface area contributed by atoms with Gasteiger partial charge in [0.25, 0.3) is 5.91 Å². The summed E-state index contributed by atoms with van der Waals surface area (Å²) in [4.78, 5) is 56.0. The summed E-state index contributed by atoms with van der Waals surface area (Å²) in [7, 11) is 0. The summed E-state index contributed by atoms with van der Waals surface area (Å²) in [5, 5.41) is 2.34. The van der Waals surface area contributed by atoms with Gasteiger partial charge in [0.05, 0.1) is 16.6 Å². The Balaban J connectivity index is 1.28. The molecule has 1 fully saturated rings. The van der Waals surface area contributed by atoms with Gasteiger partial charge in [-0.15, -0.1) is 0 Å². The van der Waals surface area contributed by atoms with E-state index in [1.54, 1.807) is 24.3 Å². The van der Waals surface area contributed by atoms with Crippen molar-refractivity contribution in [3.63, 3.8) is 0 Å². The van der Waals surface area contributed by atoms with E-state index < -0.39 is 46.4 Å². The Labute approximate surface area is 234 Å². The van der Waals surface area contributed by atoms with Crippen molar-refractivity contribution in [1.82, 2.24) is 4.98 Å². The van der Waals surface area contributed by atoms with E-state index >= 15 is 0 Å². The third-order valence-corrected chi connectivity index (χ3v) is 9.02. The fourth-order valence-electron chi connectivity index (χ4n) is 4.90. The molecule has 202 valence electrons. The molecule has 1 aromatic heterocycles. The number of hydrogen-bond acceptors (Lipinski definition) is 7. The number of benzene rings is 3. The lowest BCUT2D eigenvalue weighted by atomic mass is 9.83. The molecule has 0 radical (unpaired) electrons. The maximum absolute atomic E-state index is 13.7. The number of aromatic amines is 1. The number of rotatable bonds is 6. The highest BCUT2D eigenvalue weighted by atomic mass is 32.2.